The molecule has 0 unspecified atom stereocenters. The van der Waals surface area contributed by atoms with E-state index in [4.69, 9.17) is 16.1 Å². The fourth-order valence-electron chi connectivity index (χ4n) is 3.22. The van der Waals surface area contributed by atoms with E-state index in [9.17, 15) is 9.59 Å². The number of amides is 3. The van der Waals surface area contributed by atoms with Crippen molar-refractivity contribution in [3.63, 3.8) is 0 Å². The van der Waals surface area contributed by atoms with E-state index in [-0.39, 0.29) is 11.9 Å². The van der Waals surface area contributed by atoms with Crippen LogP contribution in [-0.2, 0) is 17.6 Å². The summed E-state index contributed by atoms with van der Waals surface area (Å²) in [6.45, 7) is 4.26. The van der Waals surface area contributed by atoms with Gasteiger partial charge in [-0.1, -0.05) is 29.7 Å². The van der Waals surface area contributed by atoms with E-state index >= 15 is 0 Å². The molecule has 3 amide bonds. The molecule has 0 aliphatic carbocycles. The maximum absolute atomic E-state index is 12.5. The average Bonchev–Trinajstić information content (AvgIpc) is 3.02. The highest BCUT2D eigenvalue weighted by molar-refractivity contribution is 6.30. The first-order valence-electron chi connectivity index (χ1n) is 9.96. The van der Waals surface area contributed by atoms with Crippen LogP contribution in [0.2, 0.25) is 5.02 Å². The standard InChI is InChI=1S/C20H26ClN5O3/c1-2-17-23-18(29-24-17)8-4-9-19(27)25-10-5-11-26(13-12-25)20(28)22-16-7-3-6-15(21)14-16/h3,6-7,14H,2,4-5,8-13H2,1H3,(H,22,28). The summed E-state index contributed by atoms with van der Waals surface area (Å²) in [5.74, 6) is 1.36. The van der Waals surface area contributed by atoms with Gasteiger partial charge < -0.3 is 19.6 Å². The molecule has 0 bridgehead atoms. The van der Waals surface area contributed by atoms with Gasteiger partial charge >= 0.3 is 6.03 Å². The SMILES string of the molecule is CCc1noc(CCCC(=O)N2CCCN(C(=O)Nc3cccc(Cl)c3)CC2)n1. The summed E-state index contributed by atoms with van der Waals surface area (Å²) in [5.41, 5.74) is 0.659. The van der Waals surface area contributed by atoms with Gasteiger partial charge in [-0.25, -0.2) is 4.79 Å². The Morgan fingerprint density at radius 1 is 1.21 bits per heavy atom. The van der Waals surface area contributed by atoms with Crippen LogP contribution in [0.25, 0.3) is 0 Å². The monoisotopic (exact) mass is 419 g/mol. The average molecular weight is 420 g/mol. The molecule has 29 heavy (non-hydrogen) atoms. The van der Waals surface area contributed by atoms with Crippen molar-refractivity contribution < 1.29 is 14.1 Å². The van der Waals surface area contributed by atoms with Crippen molar-refractivity contribution in [2.24, 2.45) is 0 Å². The number of urea groups is 1. The minimum absolute atomic E-state index is 0.0947. The van der Waals surface area contributed by atoms with Gasteiger partial charge in [0.1, 0.15) is 0 Å². The lowest BCUT2D eigenvalue weighted by atomic mass is 10.2. The Balaban J connectivity index is 1.43. The molecule has 156 valence electrons. The predicted octanol–water partition coefficient (Wildman–Crippen LogP) is 3.37. The Labute approximate surface area is 175 Å². The lowest BCUT2D eigenvalue weighted by molar-refractivity contribution is -0.131. The topological polar surface area (TPSA) is 91.6 Å². The number of anilines is 1. The van der Waals surface area contributed by atoms with E-state index in [1.165, 1.54) is 0 Å². The smallest absolute Gasteiger partial charge is 0.321 e. The number of hydrogen-bond donors (Lipinski definition) is 1. The molecule has 2 aromatic rings. The lowest BCUT2D eigenvalue weighted by Gasteiger charge is -2.22. The number of benzene rings is 1. The molecule has 1 aliphatic rings. The van der Waals surface area contributed by atoms with Crippen LogP contribution in [0.3, 0.4) is 0 Å². The van der Waals surface area contributed by atoms with Crippen molar-refractivity contribution in [3.05, 3.63) is 41.0 Å². The van der Waals surface area contributed by atoms with Crippen LogP contribution in [-0.4, -0.2) is 58.1 Å². The normalized spacial score (nSPS) is 14.6. The first kappa shape index (κ1) is 21.1. The summed E-state index contributed by atoms with van der Waals surface area (Å²) in [6, 6.07) is 6.88. The van der Waals surface area contributed by atoms with Crippen molar-refractivity contribution in [1.29, 1.82) is 0 Å². The van der Waals surface area contributed by atoms with Gasteiger partial charge in [0.15, 0.2) is 5.82 Å². The highest BCUT2D eigenvalue weighted by Gasteiger charge is 2.22. The molecule has 3 rings (SSSR count). The lowest BCUT2D eigenvalue weighted by Crippen LogP contribution is -2.39. The molecule has 0 saturated carbocycles. The van der Waals surface area contributed by atoms with Gasteiger partial charge in [0.05, 0.1) is 0 Å². The summed E-state index contributed by atoms with van der Waals surface area (Å²) in [4.78, 5) is 32.9. The van der Waals surface area contributed by atoms with Crippen molar-refractivity contribution in [2.45, 2.75) is 39.0 Å². The first-order chi connectivity index (χ1) is 14.0. The highest BCUT2D eigenvalue weighted by atomic mass is 35.5. The minimum Gasteiger partial charge on any atom is -0.341 e. The summed E-state index contributed by atoms with van der Waals surface area (Å²) in [7, 11) is 0. The van der Waals surface area contributed by atoms with E-state index in [1.807, 2.05) is 11.8 Å². The molecule has 1 fully saturated rings. The molecule has 0 atom stereocenters. The fraction of sp³-hybridized carbons (Fsp3) is 0.500. The summed E-state index contributed by atoms with van der Waals surface area (Å²) >= 11 is 5.96. The molecule has 1 saturated heterocycles. The second kappa shape index (κ2) is 10.2. The Bertz CT molecular complexity index is 841. The van der Waals surface area contributed by atoms with Crippen molar-refractivity contribution in [1.82, 2.24) is 19.9 Å². The Morgan fingerprint density at radius 2 is 2.00 bits per heavy atom. The van der Waals surface area contributed by atoms with Gasteiger partial charge in [-0.05, 0) is 31.0 Å². The number of aromatic nitrogens is 2. The van der Waals surface area contributed by atoms with Crippen LogP contribution in [0.4, 0.5) is 10.5 Å². The Kier molecular flexibility index (Phi) is 7.46. The summed E-state index contributed by atoms with van der Waals surface area (Å²) in [6.07, 6.45) is 3.18. The van der Waals surface area contributed by atoms with Gasteiger partial charge in [0.2, 0.25) is 11.8 Å². The highest BCUT2D eigenvalue weighted by Crippen LogP contribution is 2.16. The first-order valence-corrected chi connectivity index (χ1v) is 10.3. The van der Waals surface area contributed by atoms with Crippen molar-refractivity contribution >= 4 is 29.2 Å². The zero-order valence-electron chi connectivity index (χ0n) is 16.6. The Hall–Kier alpha value is -2.61. The van der Waals surface area contributed by atoms with E-state index in [0.29, 0.717) is 67.9 Å². The molecular formula is C20H26ClN5O3. The molecule has 8 nitrogen and oxygen atoms in total. The van der Waals surface area contributed by atoms with Crippen LogP contribution in [0, 0.1) is 0 Å². The summed E-state index contributed by atoms with van der Waals surface area (Å²) in [5, 5.41) is 7.29. The van der Waals surface area contributed by atoms with Crippen molar-refractivity contribution in [3.8, 4) is 0 Å². The number of rotatable bonds is 6. The predicted molar refractivity (Wildman–Crippen MR) is 110 cm³/mol. The van der Waals surface area contributed by atoms with Gasteiger partial charge in [-0.3, -0.25) is 4.79 Å². The quantitative estimate of drug-likeness (QED) is 0.774. The maximum atomic E-state index is 12.5. The molecule has 9 heteroatoms. The van der Waals surface area contributed by atoms with Gasteiger partial charge in [-0.2, -0.15) is 4.98 Å². The fourth-order valence-corrected chi connectivity index (χ4v) is 3.41. The molecule has 0 spiro atoms. The number of aryl methyl sites for hydroxylation is 2. The number of nitrogens with one attached hydrogen (secondary N) is 1. The minimum atomic E-state index is -0.176. The number of carbonyl (C=O) groups excluding carboxylic acids is 2. The number of hydrogen-bond acceptors (Lipinski definition) is 5. The molecule has 2 heterocycles. The summed E-state index contributed by atoms with van der Waals surface area (Å²) < 4.78 is 5.15. The third-order valence-corrected chi connectivity index (χ3v) is 5.05. The third kappa shape index (κ3) is 6.19. The molecule has 1 aromatic heterocycles. The van der Waals surface area contributed by atoms with Crippen molar-refractivity contribution in [2.75, 3.05) is 31.5 Å². The largest absolute Gasteiger partial charge is 0.341 e. The van der Waals surface area contributed by atoms with Crippen LogP contribution < -0.4 is 5.32 Å². The Morgan fingerprint density at radius 3 is 2.76 bits per heavy atom. The van der Waals surface area contributed by atoms with E-state index < -0.39 is 0 Å². The molecule has 1 N–H and O–H groups in total. The van der Waals surface area contributed by atoms with Crippen LogP contribution in [0.5, 0.6) is 0 Å². The molecule has 1 aliphatic heterocycles. The molecular weight excluding hydrogens is 394 g/mol. The van der Waals surface area contributed by atoms with Gasteiger partial charge in [0, 0.05) is 56.2 Å². The number of carbonyl (C=O) groups is 2. The zero-order chi connectivity index (χ0) is 20.6. The van der Waals surface area contributed by atoms with Crippen LogP contribution in [0.15, 0.2) is 28.8 Å². The van der Waals surface area contributed by atoms with Gasteiger partial charge in [0.25, 0.3) is 0 Å². The van der Waals surface area contributed by atoms with Crippen LogP contribution >= 0.6 is 11.6 Å². The maximum Gasteiger partial charge on any atom is 0.321 e. The molecule has 0 radical (unpaired) electrons. The van der Waals surface area contributed by atoms with Gasteiger partial charge in [-0.15, -0.1) is 0 Å². The van der Waals surface area contributed by atoms with E-state index in [2.05, 4.69) is 15.5 Å². The zero-order valence-corrected chi connectivity index (χ0v) is 17.3. The van der Waals surface area contributed by atoms with Crippen LogP contribution in [0.1, 0.15) is 37.9 Å². The number of halogens is 1. The molecule has 1 aromatic carbocycles. The number of nitrogens with zero attached hydrogens (tertiary/aromatic N) is 4. The van der Waals surface area contributed by atoms with E-state index in [1.54, 1.807) is 29.2 Å². The second-order valence-electron chi connectivity index (χ2n) is 6.97. The van der Waals surface area contributed by atoms with E-state index in [0.717, 1.165) is 12.8 Å². The second-order valence-corrected chi connectivity index (χ2v) is 7.41. The third-order valence-electron chi connectivity index (χ3n) is 4.82.